The highest BCUT2D eigenvalue weighted by molar-refractivity contribution is 5.87. The molecule has 0 spiro atoms. The van der Waals surface area contributed by atoms with Gasteiger partial charge in [-0.05, 0) is 12.1 Å². The van der Waals surface area contributed by atoms with E-state index in [1.54, 1.807) is 12.1 Å². The van der Waals surface area contributed by atoms with Gasteiger partial charge in [0, 0.05) is 6.07 Å². The van der Waals surface area contributed by atoms with E-state index in [4.69, 9.17) is 19.3 Å². The normalized spacial score (nSPS) is 12.5. The van der Waals surface area contributed by atoms with Crippen molar-refractivity contribution in [2.75, 3.05) is 13.9 Å². The average molecular weight is 262 g/mol. The van der Waals surface area contributed by atoms with Crippen molar-refractivity contribution in [1.29, 1.82) is 0 Å². The predicted octanol–water partition coefficient (Wildman–Crippen LogP) is 1.51. The van der Waals surface area contributed by atoms with Crippen molar-refractivity contribution >= 4 is 5.97 Å². The molecular weight excluding hydrogens is 252 g/mol. The number of rotatable bonds is 3. The van der Waals surface area contributed by atoms with Crippen LogP contribution >= 0.6 is 0 Å². The fourth-order valence-corrected chi connectivity index (χ4v) is 1.86. The maximum atomic E-state index is 10.9. The van der Waals surface area contributed by atoms with Crippen molar-refractivity contribution in [2.45, 2.75) is 0 Å². The van der Waals surface area contributed by atoms with Gasteiger partial charge >= 0.3 is 5.97 Å². The summed E-state index contributed by atoms with van der Waals surface area (Å²) >= 11 is 0. The van der Waals surface area contributed by atoms with Crippen LogP contribution in [0.3, 0.4) is 0 Å². The number of aromatic amines is 1. The van der Waals surface area contributed by atoms with E-state index in [9.17, 15) is 4.79 Å². The molecule has 0 bridgehead atoms. The minimum atomic E-state index is -1.07. The second kappa shape index (κ2) is 4.20. The maximum absolute atomic E-state index is 10.9. The molecule has 7 nitrogen and oxygen atoms in total. The van der Waals surface area contributed by atoms with Crippen molar-refractivity contribution in [3.8, 4) is 28.5 Å². The van der Waals surface area contributed by atoms with E-state index < -0.39 is 5.97 Å². The number of H-pyrrole nitrogens is 1. The number of benzene rings is 1. The van der Waals surface area contributed by atoms with Gasteiger partial charge in [0.25, 0.3) is 0 Å². The summed E-state index contributed by atoms with van der Waals surface area (Å²) < 4.78 is 15.8. The standard InChI is InChI=1S/C12H10N2O5/c1-17-6-2-7(11-10(3-6)18-5-19-11)8-4-9(12(15)16)14-13-8/h2-4H,5H2,1H3,(H,13,14)(H,15,16). The molecule has 0 amide bonds. The van der Waals surface area contributed by atoms with Crippen molar-refractivity contribution < 1.29 is 24.1 Å². The summed E-state index contributed by atoms with van der Waals surface area (Å²) in [6.45, 7) is 0.117. The topological polar surface area (TPSA) is 93.7 Å². The number of aromatic carboxylic acids is 1. The number of carboxylic acid groups (broad SMARTS) is 1. The van der Waals surface area contributed by atoms with Crippen LogP contribution in [-0.2, 0) is 0 Å². The van der Waals surface area contributed by atoms with Gasteiger partial charge in [-0.3, -0.25) is 5.10 Å². The molecule has 98 valence electrons. The molecule has 1 aliphatic heterocycles. The molecular formula is C12H10N2O5. The van der Waals surface area contributed by atoms with Gasteiger partial charge in [-0.2, -0.15) is 5.10 Å². The Labute approximate surface area is 107 Å². The number of ether oxygens (including phenoxy) is 3. The lowest BCUT2D eigenvalue weighted by atomic mass is 10.1. The van der Waals surface area contributed by atoms with E-state index in [1.807, 2.05) is 0 Å². The molecule has 0 atom stereocenters. The molecule has 0 fully saturated rings. The smallest absolute Gasteiger partial charge is 0.353 e. The molecule has 1 aromatic carbocycles. The van der Waals surface area contributed by atoms with E-state index in [0.717, 1.165) is 0 Å². The third-order valence-electron chi connectivity index (χ3n) is 2.77. The Morgan fingerprint density at radius 3 is 2.95 bits per heavy atom. The molecule has 3 rings (SSSR count). The molecule has 0 saturated heterocycles. The largest absolute Gasteiger partial charge is 0.497 e. The lowest BCUT2D eigenvalue weighted by molar-refractivity contribution is 0.0690. The Hall–Kier alpha value is -2.70. The number of nitrogens with zero attached hydrogens (tertiary/aromatic N) is 1. The minimum Gasteiger partial charge on any atom is -0.497 e. The molecule has 0 radical (unpaired) electrons. The molecule has 19 heavy (non-hydrogen) atoms. The molecule has 2 heterocycles. The Kier molecular flexibility index (Phi) is 2.52. The van der Waals surface area contributed by atoms with Crippen LogP contribution in [-0.4, -0.2) is 35.2 Å². The van der Waals surface area contributed by atoms with Crippen LogP contribution in [0, 0.1) is 0 Å². The van der Waals surface area contributed by atoms with Gasteiger partial charge in [-0.15, -0.1) is 0 Å². The van der Waals surface area contributed by atoms with E-state index in [-0.39, 0.29) is 12.5 Å². The van der Waals surface area contributed by atoms with Crippen molar-refractivity contribution in [1.82, 2.24) is 10.2 Å². The van der Waals surface area contributed by atoms with Gasteiger partial charge in [0.15, 0.2) is 11.5 Å². The summed E-state index contributed by atoms with van der Waals surface area (Å²) in [5.41, 5.74) is 1.08. The third kappa shape index (κ3) is 1.85. The van der Waals surface area contributed by atoms with Crippen LogP contribution in [0.15, 0.2) is 18.2 Å². The third-order valence-corrected chi connectivity index (χ3v) is 2.77. The van der Waals surface area contributed by atoms with E-state index in [0.29, 0.717) is 28.5 Å². The lowest BCUT2D eigenvalue weighted by Crippen LogP contribution is -1.95. The summed E-state index contributed by atoms with van der Waals surface area (Å²) in [7, 11) is 1.54. The number of carboxylic acids is 1. The summed E-state index contributed by atoms with van der Waals surface area (Å²) in [4.78, 5) is 10.9. The molecule has 0 unspecified atom stereocenters. The second-order valence-electron chi connectivity index (χ2n) is 3.88. The monoisotopic (exact) mass is 262 g/mol. The SMILES string of the molecule is COc1cc2c(c(-c3cc(C(=O)O)[nH]n3)c1)OCO2. The molecule has 0 saturated carbocycles. The Balaban J connectivity index is 2.13. The predicted molar refractivity (Wildman–Crippen MR) is 63.7 cm³/mol. The highest BCUT2D eigenvalue weighted by Crippen LogP contribution is 2.43. The lowest BCUT2D eigenvalue weighted by Gasteiger charge is -2.06. The Bertz CT molecular complexity index is 650. The summed E-state index contributed by atoms with van der Waals surface area (Å²) in [5.74, 6) is 0.591. The number of fused-ring (bicyclic) bond motifs is 1. The average Bonchev–Trinajstić information content (AvgIpc) is 3.06. The molecule has 1 aliphatic rings. The summed E-state index contributed by atoms with van der Waals surface area (Å²) in [5, 5.41) is 15.3. The van der Waals surface area contributed by atoms with Gasteiger partial charge in [-0.1, -0.05) is 0 Å². The van der Waals surface area contributed by atoms with Crippen molar-refractivity contribution in [2.24, 2.45) is 0 Å². The first-order valence-electron chi connectivity index (χ1n) is 5.45. The fraction of sp³-hybridized carbons (Fsp3) is 0.167. The quantitative estimate of drug-likeness (QED) is 0.870. The van der Waals surface area contributed by atoms with Gasteiger partial charge in [0.1, 0.15) is 11.4 Å². The fourth-order valence-electron chi connectivity index (χ4n) is 1.86. The van der Waals surface area contributed by atoms with E-state index >= 15 is 0 Å². The first kappa shape index (κ1) is 11.4. The van der Waals surface area contributed by atoms with Gasteiger partial charge < -0.3 is 19.3 Å². The molecule has 2 aromatic rings. The van der Waals surface area contributed by atoms with Crippen LogP contribution in [0.25, 0.3) is 11.3 Å². The number of hydrogen-bond donors (Lipinski definition) is 2. The zero-order valence-electron chi connectivity index (χ0n) is 9.97. The number of methoxy groups -OCH3 is 1. The number of aromatic nitrogens is 2. The highest BCUT2D eigenvalue weighted by atomic mass is 16.7. The first-order valence-corrected chi connectivity index (χ1v) is 5.45. The van der Waals surface area contributed by atoms with Gasteiger partial charge in [0.05, 0.1) is 18.4 Å². The Morgan fingerprint density at radius 2 is 2.26 bits per heavy atom. The molecule has 0 aliphatic carbocycles. The highest BCUT2D eigenvalue weighted by Gasteiger charge is 2.23. The number of nitrogens with one attached hydrogen (secondary N) is 1. The zero-order valence-corrected chi connectivity index (χ0v) is 9.97. The van der Waals surface area contributed by atoms with E-state index in [2.05, 4.69) is 10.2 Å². The van der Waals surface area contributed by atoms with Gasteiger partial charge in [0.2, 0.25) is 6.79 Å². The second-order valence-corrected chi connectivity index (χ2v) is 3.88. The number of carbonyl (C=O) groups is 1. The molecule has 7 heteroatoms. The van der Waals surface area contributed by atoms with Crippen LogP contribution in [0.1, 0.15) is 10.5 Å². The van der Waals surface area contributed by atoms with Gasteiger partial charge in [-0.25, -0.2) is 4.79 Å². The van der Waals surface area contributed by atoms with Crippen molar-refractivity contribution in [3.05, 3.63) is 23.9 Å². The molecule has 2 N–H and O–H groups in total. The maximum Gasteiger partial charge on any atom is 0.353 e. The number of hydrogen-bond acceptors (Lipinski definition) is 5. The van der Waals surface area contributed by atoms with E-state index in [1.165, 1.54) is 13.2 Å². The molecule has 1 aromatic heterocycles. The minimum absolute atomic E-state index is 0.00508. The van der Waals surface area contributed by atoms with Crippen LogP contribution in [0.4, 0.5) is 0 Å². The first-order chi connectivity index (χ1) is 9.19. The summed E-state index contributed by atoms with van der Waals surface area (Å²) in [6.07, 6.45) is 0. The van der Waals surface area contributed by atoms with Crippen LogP contribution in [0.2, 0.25) is 0 Å². The van der Waals surface area contributed by atoms with Crippen molar-refractivity contribution in [3.63, 3.8) is 0 Å². The van der Waals surface area contributed by atoms with Crippen LogP contribution < -0.4 is 14.2 Å². The van der Waals surface area contributed by atoms with Crippen LogP contribution in [0.5, 0.6) is 17.2 Å². The zero-order chi connectivity index (χ0) is 13.4. The Morgan fingerprint density at radius 1 is 1.42 bits per heavy atom. The summed E-state index contributed by atoms with van der Waals surface area (Å²) in [6, 6.07) is 4.85.